The highest BCUT2D eigenvalue weighted by molar-refractivity contribution is 9.10. The van der Waals surface area contributed by atoms with E-state index in [1.165, 1.54) is 32.4 Å². The zero-order chi connectivity index (χ0) is 20.7. The van der Waals surface area contributed by atoms with Crippen LogP contribution in [0.1, 0.15) is 32.7 Å². The van der Waals surface area contributed by atoms with E-state index in [1.54, 1.807) is 13.2 Å². The monoisotopic (exact) mass is 450 g/mol. The van der Waals surface area contributed by atoms with Gasteiger partial charge >= 0.3 is 17.9 Å². The van der Waals surface area contributed by atoms with Crippen molar-refractivity contribution in [1.29, 1.82) is 0 Å². The van der Waals surface area contributed by atoms with E-state index in [0.29, 0.717) is 12.2 Å². The van der Waals surface area contributed by atoms with Crippen LogP contribution in [-0.2, 0) is 20.7 Å². The Hall–Kier alpha value is -2.87. The summed E-state index contributed by atoms with van der Waals surface area (Å²) in [5.74, 6) is -1.08. The Morgan fingerprint density at radius 2 is 1.50 bits per heavy atom. The van der Waals surface area contributed by atoms with Crippen molar-refractivity contribution in [3.8, 4) is 11.5 Å². The first kappa shape index (κ1) is 21.4. The second-order valence-corrected chi connectivity index (χ2v) is 6.53. The Kier molecular flexibility index (Phi) is 7.57. The van der Waals surface area contributed by atoms with E-state index in [9.17, 15) is 14.4 Å². The van der Waals surface area contributed by atoms with Gasteiger partial charge in [-0.3, -0.25) is 4.79 Å². The molecule has 0 N–H and O–H groups in total. The lowest BCUT2D eigenvalue weighted by Gasteiger charge is -2.09. The van der Waals surface area contributed by atoms with Crippen LogP contribution in [0.3, 0.4) is 0 Å². The lowest BCUT2D eigenvalue weighted by molar-refractivity contribution is -0.134. The topological polar surface area (TPSA) is 88.1 Å². The Balaban J connectivity index is 2.10. The molecule has 0 heterocycles. The first-order valence-electron chi connectivity index (χ1n) is 8.22. The van der Waals surface area contributed by atoms with Crippen molar-refractivity contribution in [2.24, 2.45) is 0 Å². The Morgan fingerprint density at radius 3 is 2.00 bits per heavy atom. The van der Waals surface area contributed by atoms with Gasteiger partial charge in [-0.2, -0.15) is 0 Å². The largest absolute Gasteiger partial charge is 0.496 e. The Labute approximate surface area is 170 Å². The highest BCUT2D eigenvalue weighted by Gasteiger charge is 2.16. The van der Waals surface area contributed by atoms with Gasteiger partial charge in [0.25, 0.3) is 0 Å². The van der Waals surface area contributed by atoms with Crippen molar-refractivity contribution < 1.29 is 33.3 Å². The van der Waals surface area contributed by atoms with Crippen LogP contribution < -0.4 is 9.47 Å². The standard InChI is InChI=1S/C20H19BrO7/c1-25-17-6-4-12(8-16(17)21)5-7-18(22)28-15-10-13(19(23)26-2)9-14(11-15)20(24)27-3/h4,6,8-11H,5,7H2,1-3H3. The lowest BCUT2D eigenvalue weighted by Crippen LogP contribution is -2.12. The van der Waals surface area contributed by atoms with Crippen molar-refractivity contribution in [2.45, 2.75) is 12.8 Å². The maximum atomic E-state index is 12.2. The number of benzene rings is 2. The van der Waals surface area contributed by atoms with E-state index in [4.69, 9.17) is 9.47 Å². The van der Waals surface area contributed by atoms with Gasteiger partial charge in [0.15, 0.2) is 0 Å². The fourth-order valence-corrected chi connectivity index (χ4v) is 3.01. The molecule has 0 amide bonds. The van der Waals surface area contributed by atoms with Crippen LogP contribution in [0.2, 0.25) is 0 Å². The lowest BCUT2D eigenvalue weighted by atomic mass is 10.1. The van der Waals surface area contributed by atoms with E-state index in [0.717, 1.165) is 10.0 Å². The van der Waals surface area contributed by atoms with Crippen LogP contribution in [0.25, 0.3) is 0 Å². The van der Waals surface area contributed by atoms with E-state index in [2.05, 4.69) is 25.4 Å². The first-order valence-corrected chi connectivity index (χ1v) is 9.02. The van der Waals surface area contributed by atoms with E-state index in [1.807, 2.05) is 12.1 Å². The molecule has 0 aromatic heterocycles. The molecule has 0 saturated heterocycles. The molecule has 0 aliphatic rings. The summed E-state index contributed by atoms with van der Waals surface area (Å²) in [6, 6.07) is 9.49. The number of methoxy groups -OCH3 is 3. The third-order valence-corrected chi connectivity index (χ3v) is 4.43. The number of carbonyl (C=O) groups excluding carboxylic acids is 3. The molecule has 7 nitrogen and oxygen atoms in total. The summed E-state index contributed by atoms with van der Waals surface area (Å²) >= 11 is 3.40. The summed E-state index contributed by atoms with van der Waals surface area (Å²) in [4.78, 5) is 35.8. The van der Waals surface area contributed by atoms with E-state index < -0.39 is 17.9 Å². The van der Waals surface area contributed by atoms with E-state index >= 15 is 0 Å². The maximum absolute atomic E-state index is 12.2. The van der Waals surface area contributed by atoms with Crippen molar-refractivity contribution >= 4 is 33.8 Å². The fraction of sp³-hybridized carbons (Fsp3) is 0.250. The molecule has 0 unspecified atom stereocenters. The van der Waals surface area contributed by atoms with Crippen LogP contribution >= 0.6 is 15.9 Å². The minimum absolute atomic E-state index is 0.0595. The second kappa shape index (κ2) is 9.89. The maximum Gasteiger partial charge on any atom is 0.338 e. The molecule has 0 saturated carbocycles. The summed E-state index contributed by atoms with van der Waals surface area (Å²) in [6.07, 6.45) is 0.552. The van der Waals surface area contributed by atoms with Crippen LogP contribution in [0.5, 0.6) is 11.5 Å². The molecule has 0 spiro atoms. The van der Waals surface area contributed by atoms with Gasteiger partial charge in [-0.1, -0.05) is 6.07 Å². The molecule has 0 aliphatic heterocycles. The number of aryl methyl sites for hydroxylation is 1. The molecule has 0 fully saturated rings. The molecule has 2 rings (SSSR count). The number of ether oxygens (including phenoxy) is 4. The zero-order valence-corrected chi connectivity index (χ0v) is 17.2. The molecule has 0 aliphatic carbocycles. The minimum Gasteiger partial charge on any atom is -0.496 e. The molecule has 0 atom stereocenters. The molecular formula is C20H19BrO7. The van der Waals surface area contributed by atoms with Gasteiger partial charge in [0.05, 0.1) is 36.9 Å². The molecule has 2 aromatic carbocycles. The molecule has 8 heteroatoms. The number of carbonyl (C=O) groups is 3. The van der Waals surface area contributed by atoms with E-state index in [-0.39, 0.29) is 23.3 Å². The highest BCUT2D eigenvalue weighted by atomic mass is 79.9. The van der Waals surface area contributed by atoms with Gasteiger partial charge in [0.2, 0.25) is 0 Å². The van der Waals surface area contributed by atoms with Gasteiger partial charge in [0, 0.05) is 6.42 Å². The SMILES string of the molecule is COC(=O)c1cc(OC(=O)CCc2ccc(OC)c(Br)c2)cc(C(=O)OC)c1. The smallest absolute Gasteiger partial charge is 0.338 e. The predicted molar refractivity (Wildman–Crippen MR) is 104 cm³/mol. The summed E-state index contributed by atoms with van der Waals surface area (Å²) in [7, 11) is 4.00. The predicted octanol–water partition coefficient (Wildman–Crippen LogP) is 3.57. The minimum atomic E-state index is -0.661. The molecule has 148 valence electrons. The second-order valence-electron chi connectivity index (χ2n) is 5.67. The van der Waals surface area contributed by atoms with Gasteiger partial charge in [-0.25, -0.2) is 9.59 Å². The average Bonchev–Trinajstić information content (AvgIpc) is 2.70. The Morgan fingerprint density at radius 1 is 0.893 bits per heavy atom. The molecule has 0 bridgehead atoms. The number of halogens is 1. The number of esters is 3. The van der Waals surface area contributed by atoms with Crippen molar-refractivity contribution in [1.82, 2.24) is 0 Å². The average molecular weight is 451 g/mol. The third kappa shape index (κ3) is 5.56. The molecular weight excluding hydrogens is 432 g/mol. The first-order chi connectivity index (χ1) is 13.4. The van der Waals surface area contributed by atoms with Crippen LogP contribution in [0.4, 0.5) is 0 Å². The van der Waals surface area contributed by atoms with Crippen LogP contribution in [0.15, 0.2) is 40.9 Å². The summed E-state index contributed by atoms with van der Waals surface area (Å²) in [5.41, 5.74) is 1.07. The Bertz CT molecular complexity index is 858. The molecule has 0 radical (unpaired) electrons. The van der Waals surface area contributed by atoms with Gasteiger partial charge in [-0.15, -0.1) is 0 Å². The number of rotatable bonds is 7. The van der Waals surface area contributed by atoms with Gasteiger partial charge < -0.3 is 18.9 Å². The number of hydrogen-bond donors (Lipinski definition) is 0. The normalized spacial score (nSPS) is 10.1. The van der Waals surface area contributed by atoms with Gasteiger partial charge in [0.1, 0.15) is 11.5 Å². The molecule has 28 heavy (non-hydrogen) atoms. The van der Waals surface area contributed by atoms with Crippen molar-refractivity contribution in [3.63, 3.8) is 0 Å². The quantitative estimate of drug-likeness (QED) is 0.470. The van der Waals surface area contributed by atoms with Crippen LogP contribution in [-0.4, -0.2) is 39.2 Å². The van der Waals surface area contributed by atoms with Crippen molar-refractivity contribution in [3.05, 3.63) is 57.6 Å². The third-order valence-electron chi connectivity index (χ3n) is 3.81. The molecule has 2 aromatic rings. The van der Waals surface area contributed by atoms with Crippen molar-refractivity contribution in [2.75, 3.05) is 21.3 Å². The fourth-order valence-electron chi connectivity index (χ4n) is 2.42. The summed E-state index contributed by atoms with van der Waals surface area (Å²) in [6.45, 7) is 0. The summed E-state index contributed by atoms with van der Waals surface area (Å²) < 4.78 is 20.6. The van der Waals surface area contributed by atoms with Crippen LogP contribution in [0, 0.1) is 0 Å². The zero-order valence-electron chi connectivity index (χ0n) is 15.6. The highest BCUT2D eigenvalue weighted by Crippen LogP contribution is 2.26. The summed E-state index contributed by atoms with van der Waals surface area (Å²) in [5, 5.41) is 0. The van der Waals surface area contributed by atoms with Gasteiger partial charge in [-0.05, 0) is 58.2 Å². The number of hydrogen-bond acceptors (Lipinski definition) is 7.